The van der Waals surface area contributed by atoms with Crippen LogP contribution >= 0.6 is 0 Å². The van der Waals surface area contributed by atoms with Gasteiger partial charge in [0.2, 0.25) is 17.7 Å². The third-order valence-electron chi connectivity index (χ3n) is 6.25. The molecule has 39 heavy (non-hydrogen) atoms. The summed E-state index contributed by atoms with van der Waals surface area (Å²) in [5.41, 5.74) is 12.0. The number of amides is 3. The first kappa shape index (κ1) is 31.5. The molecule has 0 fully saturated rings. The number of carbonyl (C=O) groups excluding carboxylic acids is 3. The van der Waals surface area contributed by atoms with E-state index in [2.05, 4.69) is 16.0 Å². The normalized spacial score (nSPS) is 13.5. The van der Waals surface area contributed by atoms with Crippen molar-refractivity contribution in [3.05, 3.63) is 71.8 Å². The molecule has 0 unspecified atom stereocenters. The van der Waals surface area contributed by atoms with Crippen molar-refractivity contribution in [3.8, 4) is 0 Å². The highest BCUT2D eigenvalue weighted by Crippen LogP contribution is 2.10. The van der Waals surface area contributed by atoms with Crippen molar-refractivity contribution in [1.29, 1.82) is 0 Å². The number of benzene rings is 2. The van der Waals surface area contributed by atoms with Gasteiger partial charge in [-0.25, -0.2) is 4.79 Å². The monoisotopic (exact) mass is 539 g/mol. The molecule has 10 heteroatoms. The van der Waals surface area contributed by atoms with Crippen LogP contribution in [0.15, 0.2) is 60.7 Å². The molecule has 8 N–H and O–H groups in total. The summed E-state index contributed by atoms with van der Waals surface area (Å²) in [4.78, 5) is 51.2. The zero-order chi connectivity index (χ0) is 28.8. The maximum atomic E-state index is 13.5. The summed E-state index contributed by atoms with van der Waals surface area (Å²) < 4.78 is 0. The Hall–Kier alpha value is -3.76. The molecule has 0 radical (unpaired) electrons. The van der Waals surface area contributed by atoms with Crippen LogP contribution in [0.5, 0.6) is 0 Å². The lowest BCUT2D eigenvalue weighted by Crippen LogP contribution is -2.59. The first-order valence-corrected chi connectivity index (χ1v) is 13.2. The number of nitrogens with one attached hydrogen (secondary N) is 3. The van der Waals surface area contributed by atoms with Gasteiger partial charge in [-0.3, -0.25) is 14.4 Å². The average molecular weight is 540 g/mol. The van der Waals surface area contributed by atoms with Crippen LogP contribution < -0.4 is 27.4 Å². The lowest BCUT2D eigenvalue weighted by atomic mass is 10.00. The molecule has 3 atom stereocenters. The first-order chi connectivity index (χ1) is 18.5. The molecule has 2 rings (SSSR count). The molecule has 212 valence electrons. The van der Waals surface area contributed by atoms with Crippen molar-refractivity contribution < 1.29 is 24.3 Å². The fourth-order valence-electron chi connectivity index (χ4n) is 3.92. The Balaban J connectivity index is 2.25. The lowest BCUT2D eigenvalue weighted by molar-refractivity contribution is -0.142. The van der Waals surface area contributed by atoms with Crippen LogP contribution in [0.1, 0.15) is 50.7 Å². The Morgan fingerprint density at radius 1 is 0.769 bits per heavy atom. The number of aliphatic carboxylic acids is 1. The summed E-state index contributed by atoms with van der Waals surface area (Å²) in [6, 6.07) is 15.4. The second-order valence-corrected chi connectivity index (χ2v) is 10.2. The van der Waals surface area contributed by atoms with E-state index in [-0.39, 0.29) is 19.3 Å². The SMILES string of the molecule is CC(C)(N)C(=O)N[C@@H](CCc1ccccc1)C(=O)N[C@@H](Cc1ccccc1)C(=O)N[C@@H](CCCCN)C(=O)O. The van der Waals surface area contributed by atoms with E-state index >= 15 is 0 Å². The Morgan fingerprint density at radius 3 is 1.85 bits per heavy atom. The molecule has 0 spiro atoms. The number of hydrogen-bond donors (Lipinski definition) is 6. The molecule has 0 saturated heterocycles. The molecule has 0 saturated carbocycles. The van der Waals surface area contributed by atoms with Gasteiger partial charge in [0.15, 0.2) is 0 Å². The standard InChI is InChI=1S/C29H41N5O5/c1-29(2,31)28(39)34-22(17-16-20-11-5-3-6-12-20)25(35)33-24(19-21-13-7-4-8-14-21)26(36)32-23(27(37)38)15-9-10-18-30/h3-8,11-14,22-24H,9-10,15-19,30-31H2,1-2H3,(H,32,36)(H,33,35)(H,34,39)(H,37,38)/t22-,23-,24-/m0/s1. The fourth-order valence-corrected chi connectivity index (χ4v) is 3.92. The summed E-state index contributed by atoms with van der Waals surface area (Å²) in [7, 11) is 0. The molecule has 0 bridgehead atoms. The zero-order valence-corrected chi connectivity index (χ0v) is 22.7. The topological polar surface area (TPSA) is 177 Å². The highest BCUT2D eigenvalue weighted by molar-refractivity contribution is 5.95. The van der Waals surface area contributed by atoms with Crippen LogP contribution in [-0.2, 0) is 32.0 Å². The summed E-state index contributed by atoms with van der Waals surface area (Å²) in [5, 5.41) is 17.7. The molecule has 10 nitrogen and oxygen atoms in total. The minimum absolute atomic E-state index is 0.134. The van der Waals surface area contributed by atoms with Crippen molar-refractivity contribution >= 4 is 23.7 Å². The molecule has 0 aliphatic heterocycles. The number of aryl methyl sites for hydroxylation is 1. The second-order valence-electron chi connectivity index (χ2n) is 10.2. The number of hydrogen-bond acceptors (Lipinski definition) is 6. The molecule has 0 aliphatic rings. The molecule has 3 amide bonds. The van der Waals surface area contributed by atoms with E-state index in [1.54, 1.807) is 0 Å². The van der Waals surface area contributed by atoms with Crippen molar-refractivity contribution in [1.82, 2.24) is 16.0 Å². The summed E-state index contributed by atoms with van der Waals surface area (Å²) in [6.45, 7) is 3.50. The van der Waals surface area contributed by atoms with E-state index in [4.69, 9.17) is 11.5 Å². The smallest absolute Gasteiger partial charge is 0.326 e. The van der Waals surface area contributed by atoms with E-state index in [9.17, 15) is 24.3 Å². The van der Waals surface area contributed by atoms with Gasteiger partial charge in [-0.15, -0.1) is 0 Å². The minimum atomic E-state index is -1.22. The van der Waals surface area contributed by atoms with E-state index in [1.165, 1.54) is 13.8 Å². The number of carboxylic acids is 1. The van der Waals surface area contributed by atoms with Crippen LogP contribution in [0.3, 0.4) is 0 Å². The Bertz CT molecular complexity index is 1070. The Morgan fingerprint density at radius 2 is 1.31 bits per heavy atom. The third-order valence-corrected chi connectivity index (χ3v) is 6.25. The summed E-state index contributed by atoms with van der Waals surface area (Å²) in [6.07, 6.45) is 2.28. The van der Waals surface area contributed by atoms with Crippen LogP contribution in [0, 0.1) is 0 Å². The molecule has 0 aromatic heterocycles. The number of carbonyl (C=O) groups is 4. The van der Waals surface area contributed by atoms with Gasteiger partial charge in [-0.2, -0.15) is 0 Å². The van der Waals surface area contributed by atoms with Crippen LogP contribution in [0.2, 0.25) is 0 Å². The highest BCUT2D eigenvalue weighted by Gasteiger charge is 2.32. The van der Waals surface area contributed by atoms with Gasteiger partial charge in [0, 0.05) is 6.42 Å². The fraction of sp³-hybridized carbons (Fsp3) is 0.448. The molecular formula is C29H41N5O5. The zero-order valence-electron chi connectivity index (χ0n) is 22.7. The predicted octanol–water partition coefficient (Wildman–Crippen LogP) is 1.27. The van der Waals surface area contributed by atoms with Gasteiger partial charge in [0.1, 0.15) is 18.1 Å². The van der Waals surface area contributed by atoms with Crippen molar-refractivity contribution in [3.63, 3.8) is 0 Å². The van der Waals surface area contributed by atoms with Gasteiger partial charge >= 0.3 is 5.97 Å². The van der Waals surface area contributed by atoms with Gasteiger partial charge in [-0.1, -0.05) is 60.7 Å². The Kier molecular flexibility index (Phi) is 12.6. The van der Waals surface area contributed by atoms with Gasteiger partial charge in [0.05, 0.1) is 5.54 Å². The van der Waals surface area contributed by atoms with Gasteiger partial charge < -0.3 is 32.5 Å². The predicted molar refractivity (Wildman–Crippen MR) is 150 cm³/mol. The van der Waals surface area contributed by atoms with Gasteiger partial charge in [0.25, 0.3) is 0 Å². The van der Waals surface area contributed by atoms with Crippen LogP contribution in [0.4, 0.5) is 0 Å². The summed E-state index contributed by atoms with van der Waals surface area (Å²) in [5.74, 6) is -2.86. The van der Waals surface area contributed by atoms with E-state index in [0.717, 1.165) is 11.1 Å². The van der Waals surface area contributed by atoms with Crippen molar-refractivity contribution in [2.75, 3.05) is 6.54 Å². The highest BCUT2D eigenvalue weighted by atomic mass is 16.4. The van der Waals surface area contributed by atoms with Crippen molar-refractivity contribution in [2.45, 2.75) is 76.0 Å². The largest absolute Gasteiger partial charge is 0.480 e. The minimum Gasteiger partial charge on any atom is -0.480 e. The molecule has 2 aromatic carbocycles. The summed E-state index contributed by atoms with van der Waals surface area (Å²) >= 11 is 0. The van der Waals surface area contributed by atoms with E-state index in [0.29, 0.717) is 25.8 Å². The Labute approximate surface area is 229 Å². The lowest BCUT2D eigenvalue weighted by Gasteiger charge is -2.27. The maximum Gasteiger partial charge on any atom is 0.326 e. The number of carboxylic acid groups (broad SMARTS) is 1. The first-order valence-electron chi connectivity index (χ1n) is 13.2. The molecule has 0 heterocycles. The van der Waals surface area contributed by atoms with Crippen molar-refractivity contribution in [2.24, 2.45) is 11.5 Å². The van der Waals surface area contributed by atoms with E-state index in [1.807, 2.05) is 60.7 Å². The number of nitrogens with two attached hydrogens (primary N) is 2. The number of rotatable bonds is 16. The van der Waals surface area contributed by atoms with Crippen LogP contribution in [0.25, 0.3) is 0 Å². The molecule has 0 aliphatic carbocycles. The van der Waals surface area contributed by atoms with Gasteiger partial charge in [-0.05, 0) is 63.6 Å². The quantitative estimate of drug-likeness (QED) is 0.174. The van der Waals surface area contributed by atoms with E-state index < -0.39 is 47.4 Å². The molecular weight excluding hydrogens is 498 g/mol. The second kappa shape index (κ2) is 15.6. The average Bonchev–Trinajstić information content (AvgIpc) is 2.90. The maximum absolute atomic E-state index is 13.5. The van der Waals surface area contributed by atoms with Crippen LogP contribution in [-0.4, -0.2) is 59.0 Å². The molecule has 2 aromatic rings. The number of unbranched alkanes of at least 4 members (excludes halogenated alkanes) is 1. The third kappa shape index (κ3) is 11.3.